The third kappa shape index (κ3) is 10.2. The van der Waals surface area contributed by atoms with E-state index >= 15 is 0 Å². The maximum Gasteiger partial charge on any atom is 1.00 e. The van der Waals surface area contributed by atoms with Gasteiger partial charge in [0.1, 0.15) is 10.8 Å². The van der Waals surface area contributed by atoms with Gasteiger partial charge in [-0.3, -0.25) is 24.5 Å². The van der Waals surface area contributed by atoms with Gasteiger partial charge < -0.3 is 21.1 Å². The molecule has 170 valence electrons. The van der Waals surface area contributed by atoms with Gasteiger partial charge in [-0.2, -0.15) is 0 Å². The number of hydrogen-bond acceptors (Lipinski definition) is 7. The number of rotatable bonds is 12. The summed E-state index contributed by atoms with van der Waals surface area (Å²) in [6.07, 6.45) is 1.83. The second-order valence-electron chi connectivity index (χ2n) is 6.71. The van der Waals surface area contributed by atoms with Crippen LogP contribution < -0.4 is 45.5 Å². The van der Waals surface area contributed by atoms with Crippen molar-refractivity contribution in [2.75, 3.05) is 18.4 Å². The molecule has 0 fully saturated rings. The molecular weight excluding hydrogens is 465 g/mol. The summed E-state index contributed by atoms with van der Waals surface area (Å²) in [5.74, 6) is -1.50. The molecule has 0 spiro atoms. The zero-order chi connectivity index (χ0) is 23.5. The van der Waals surface area contributed by atoms with Crippen LogP contribution in [0.25, 0.3) is 0 Å². The van der Waals surface area contributed by atoms with E-state index in [4.69, 9.17) is 16.7 Å². The number of carbonyl (C=O) groups is 3. The van der Waals surface area contributed by atoms with Gasteiger partial charge in [-0.1, -0.05) is 23.7 Å². The van der Waals surface area contributed by atoms with Crippen LogP contribution >= 0.6 is 11.6 Å². The molecule has 13 heteroatoms. The van der Waals surface area contributed by atoms with E-state index in [1.54, 1.807) is 18.3 Å². The number of halogens is 1. The van der Waals surface area contributed by atoms with E-state index in [9.17, 15) is 24.5 Å². The van der Waals surface area contributed by atoms with Gasteiger partial charge in [0.2, 0.25) is 11.8 Å². The van der Waals surface area contributed by atoms with Gasteiger partial charge in [0.25, 0.3) is 5.69 Å². The molecule has 0 saturated heterocycles. The van der Waals surface area contributed by atoms with Crippen molar-refractivity contribution < 1.29 is 54.0 Å². The van der Waals surface area contributed by atoms with Crippen molar-refractivity contribution in [2.24, 2.45) is 0 Å². The largest absolute Gasteiger partial charge is 1.00 e. The van der Waals surface area contributed by atoms with Gasteiger partial charge in [-0.05, 0) is 30.2 Å². The van der Waals surface area contributed by atoms with Crippen LogP contribution in [-0.2, 0) is 14.4 Å². The molecule has 1 atom stereocenters. The number of carbonyl (C=O) groups excluding carboxylic acids is 2. The second kappa shape index (κ2) is 14.4. The topological polar surface area (TPSA) is 164 Å². The van der Waals surface area contributed by atoms with Crippen LogP contribution in [0, 0.1) is 10.1 Å². The number of carboxylic acid groups (broad SMARTS) is 1. The van der Waals surface area contributed by atoms with Crippen molar-refractivity contribution in [3.63, 3.8) is 0 Å². The minimum atomic E-state index is -1.21. The van der Waals surface area contributed by atoms with Crippen LogP contribution in [-0.4, -0.2) is 45.9 Å². The Morgan fingerprint density at radius 1 is 1.18 bits per heavy atom. The standard InChI is InChI=1S/C20H22ClN5O6.Na/c21-14-7-6-13(10-16(14)26(31)32)15(11-20(29)30)25-19(28)12-24-18(27)5-3-9-23-17-4-1-2-8-22-17;/h1-2,4,6-8,10,15H,3,5,9,11-12H2,(H,22,23)(H,24,27)(H,25,28)(H,29,30);/q;+1. The van der Waals surface area contributed by atoms with E-state index < -0.39 is 34.9 Å². The molecule has 2 rings (SSSR count). The molecule has 1 heterocycles. The Kier molecular flexibility index (Phi) is 12.4. The number of nitrogens with zero attached hydrogens (tertiary/aromatic N) is 2. The number of aromatic nitrogens is 1. The summed E-state index contributed by atoms with van der Waals surface area (Å²) in [4.78, 5) is 49.8. The summed E-state index contributed by atoms with van der Waals surface area (Å²) in [6.45, 7) is 0.158. The maximum atomic E-state index is 12.2. The van der Waals surface area contributed by atoms with E-state index in [1.165, 1.54) is 12.1 Å². The van der Waals surface area contributed by atoms with Gasteiger partial charge in [0.05, 0.1) is 23.9 Å². The molecule has 1 aromatic heterocycles. The molecule has 0 aliphatic rings. The number of nitro groups is 1. The SMILES string of the molecule is O=C(O)CC(NC(=O)CNC(=O)CCCNc1ccccn1)c1ccc(Cl)c([N+](=O)[O-])c1.[Na+]. The van der Waals surface area contributed by atoms with Crippen LogP contribution in [0.2, 0.25) is 5.02 Å². The van der Waals surface area contributed by atoms with E-state index in [-0.39, 0.29) is 59.0 Å². The summed E-state index contributed by atoms with van der Waals surface area (Å²) in [5, 5.41) is 28.1. The molecule has 0 radical (unpaired) electrons. The minimum Gasteiger partial charge on any atom is -0.481 e. The summed E-state index contributed by atoms with van der Waals surface area (Å²) in [7, 11) is 0. The van der Waals surface area contributed by atoms with Gasteiger partial charge >= 0.3 is 35.5 Å². The van der Waals surface area contributed by atoms with E-state index in [0.29, 0.717) is 18.8 Å². The number of benzene rings is 1. The maximum absolute atomic E-state index is 12.2. The smallest absolute Gasteiger partial charge is 0.481 e. The molecular formula is C20H22ClN5NaO6+. The minimum absolute atomic E-state index is 0. The van der Waals surface area contributed by atoms with E-state index in [0.717, 1.165) is 6.07 Å². The van der Waals surface area contributed by atoms with Gasteiger partial charge in [-0.25, -0.2) is 4.98 Å². The Balaban J connectivity index is 0.00000544. The monoisotopic (exact) mass is 486 g/mol. The molecule has 0 saturated carbocycles. The Morgan fingerprint density at radius 3 is 2.58 bits per heavy atom. The number of anilines is 1. The Bertz CT molecular complexity index is 979. The van der Waals surface area contributed by atoms with Crippen molar-refractivity contribution in [2.45, 2.75) is 25.3 Å². The molecule has 0 aliphatic heterocycles. The number of carboxylic acids is 1. The Morgan fingerprint density at radius 2 is 1.94 bits per heavy atom. The van der Waals surface area contributed by atoms with Crippen molar-refractivity contribution >= 4 is 40.9 Å². The summed E-state index contributed by atoms with van der Waals surface area (Å²) < 4.78 is 0. The molecule has 1 aromatic carbocycles. The molecule has 2 amide bonds. The number of aliphatic carboxylic acids is 1. The molecule has 4 N–H and O–H groups in total. The summed E-state index contributed by atoms with van der Waals surface area (Å²) >= 11 is 5.78. The quantitative estimate of drug-likeness (QED) is 0.132. The number of hydrogen-bond donors (Lipinski definition) is 4. The van der Waals surface area contributed by atoms with Crippen LogP contribution in [0.5, 0.6) is 0 Å². The predicted octanol–water partition coefficient (Wildman–Crippen LogP) is -0.712. The average molecular weight is 487 g/mol. The Hall–Kier alpha value is -2.73. The van der Waals surface area contributed by atoms with Crippen molar-refractivity contribution in [3.05, 3.63) is 63.3 Å². The van der Waals surface area contributed by atoms with Crippen molar-refractivity contribution in [3.8, 4) is 0 Å². The zero-order valence-electron chi connectivity index (χ0n) is 17.9. The number of nitro benzene ring substituents is 1. The number of pyridine rings is 1. The van der Waals surface area contributed by atoms with Gasteiger partial charge in [0, 0.05) is 25.2 Å². The first kappa shape index (κ1) is 28.3. The van der Waals surface area contributed by atoms with Gasteiger partial charge in [0.15, 0.2) is 0 Å². The van der Waals surface area contributed by atoms with E-state index in [2.05, 4.69) is 20.9 Å². The third-order valence-electron chi connectivity index (χ3n) is 4.28. The molecule has 2 aromatic rings. The zero-order valence-corrected chi connectivity index (χ0v) is 20.7. The fraction of sp³-hybridized carbons (Fsp3) is 0.300. The molecule has 33 heavy (non-hydrogen) atoms. The molecule has 11 nitrogen and oxygen atoms in total. The van der Waals surface area contributed by atoms with Crippen LogP contribution in [0.3, 0.4) is 0 Å². The second-order valence-corrected chi connectivity index (χ2v) is 7.12. The predicted molar refractivity (Wildman–Crippen MR) is 116 cm³/mol. The third-order valence-corrected chi connectivity index (χ3v) is 4.60. The fourth-order valence-corrected chi connectivity index (χ4v) is 2.95. The van der Waals surface area contributed by atoms with Crippen molar-refractivity contribution in [1.29, 1.82) is 0 Å². The molecule has 1 unspecified atom stereocenters. The summed E-state index contributed by atoms with van der Waals surface area (Å²) in [5.41, 5.74) is -0.190. The summed E-state index contributed by atoms with van der Waals surface area (Å²) in [6, 6.07) is 8.17. The number of nitrogens with one attached hydrogen (secondary N) is 3. The van der Waals surface area contributed by atoms with E-state index in [1.807, 2.05) is 6.07 Å². The number of amides is 2. The van der Waals surface area contributed by atoms with Crippen LogP contribution in [0.1, 0.15) is 30.9 Å². The van der Waals surface area contributed by atoms with Crippen molar-refractivity contribution in [1.82, 2.24) is 15.6 Å². The fourth-order valence-electron chi connectivity index (χ4n) is 2.76. The first-order chi connectivity index (χ1) is 15.3. The first-order valence-corrected chi connectivity index (χ1v) is 10.0. The van der Waals surface area contributed by atoms with Crippen LogP contribution in [0.4, 0.5) is 11.5 Å². The van der Waals surface area contributed by atoms with Crippen LogP contribution in [0.15, 0.2) is 42.6 Å². The first-order valence-electron chi connectivity index (χ1n) is 9.63. The normalized spacial score (nSPS) is 10.9. The average Bonchev–Trinajstić information content (AvgIpc) is 2.75. The van der Waals surface area contributed by atoms with Gasteiger partial charge in [-0.15, -0.1) is 0 Å². The Labute approximate surface area is 216 Å². The molecule has 0 aliphatic carbocycles. The molecule has 0 bridgehead atoms.